The van der Waals surface area contributed by atoms with Gasteiger partial charge in [-0.3, -0.25) is 0 Å². The third-order valence-electron chi connectivity index (χ3n) is 21.4. The molecule has 0 fully saturated rings. The van der Waals surface area contributed by atoms with E-state index in [2.05, 4.69) is 355 Å². The van der Waals surface area contributed by atoms with E-state index in [-0.39, 0.29) is 29.7 Å². The second-order valence-corrected chi connectivity index (χ2v) is 30.4. The van der Waals surface area contributed by atoms with Crippen molar-refractivity contribution in [1.29, 1.82) is 0 Å². The van der Waals surface area contributed by atoms with Gasteiger partial charge in [0, 0.05) is 84.2 Å². The van der Waals surface area contributed by atoms with Crippen LogP contribution in [0.1, 0.15) is 79.0 Å². The average Bonchev–Trinajstić information content (AvgIpc) is 0.695. The van der Waals surface area contributed by atoms with Crippen molar-refractivity contribution in [3.8, 4) is 39.4 Å². The topological polar surface area (TPSA) is 37.0 Å². The minimum absolute atomic E-state index is 0.0943. The normalized spacial score (nSPS) is 13.7. The van der Waals surface area contributed by atoms with Gasteiger partial charge >= 0.3 is 0 Å². The fourth-order valence-electron chi connectivity index (χ4n) is 16.7. The van der Waals surface area contributed by atoms with E-state index in [9.17, 15) is 0 Å². The number of nitrogens with zero attached hydrogens (tertiary/aromatic N) is 4. The van der Waals surface area contributed by atoms with Gasteiger partial charge in [0.25, 0.3) is 13.4 Å². The molecule has 0 unspecified atom stereocenters. The predicted octanol–water partition coefficient (Wildman–Crippen LogP) is 20.4. The summed E-state index contributed by atoms with van der Waals surface area (Å²) in [6.07, 6.45) is 0. The van der Waals surface area contributed by atoms with Gasteiger partial charge in [0.1, 0.15) is 17.1 Å². The van der Waals surface area contributed by atoms with Gasteiger partial charge in [0.15, 0.2) is 5.58 Å². The molecule has 98 heavy (non-hydrogen) atoms. The van der Waals surface area contributed by atoms with Crippen LogP contribution >= 0.6 is 0 Å². The lowest BCUT2D eigenvalue weighted by molar-refractivity contribution is 0.483. The predicted molar refractivity (Wildman–Crippen MR) is 415 cm³/mol. The van der Waals surface area contributed by atoms with Crippen LogP contribution in [0.3, 0.4) is 0 Å². The first-order chi connectivity index (χ1) is 47.5. The molecule has 4 aliphatic rings. The molecule has 0 amide bonds. The maximum atomic E-state index is 7.88. The van der Waals surface area contributed by atoms with Gasteiger partial charge in [0.05, 0.1) is 22.4 Å². The third kappa shape index (κ3) is 8.69. The molecule has 19 rings (SSSR count). The Labute approximate surface area is 573 Å². The second-order valence-electron chi connectivity index (χ2n) is 30.4. The van der Waals surface area contributed by atoms with Crippen LogP contribution in [0.15, 0.2) is 277 Å². The molecule has 0 bridgehead atoms. The largest absolute Gasteiger partial charge is 0.458 e. The Kier molecular flexibility index (Phi) is 12.6. The minimum Gasteiger partial charge on any atom is -0.458 e. The first kappa shape index (κ1) is 58.2. The molecule has 0 saturated carbocycles. The fourth-order valence-corrected chi connectivity index (χ4v) is 16.7. The highest BCUT2D eigenvalue weighted by molar-refractivity contribution is 7.02. The van der Waals surface area contributed by atoms with Crippen LogP contribution < -0.4 is 52.2 Å². The van der Waals surface area contributed by atoms with Gasteiger partial charge < -0.3 is 28.4 Å². The summed E-state index contributed by atoms with van der Waals surface area (Å²) in [5.41, 5.74) is 30.0. The molecule has 6 nitrogen and oxygen atoms in total. The van der Waals surface area contributed by atoms with Crippen LogP contribution in [-0.2, 0) is 16.2 Å². The number of ether oxygens (including phenoxy) is 1. The molecule has 2 aromatic heterocycles. The molecule has 0 radical (unpaired) electrons. The number of benzene rings is 13. The number of fused-ring (bicyclic) bond motifs is 14. The summed E-state index contributed by atoms with van der Waals surface area (Å²) >= 11 is 0. The van der Waals surface area contributed by atoms with Gasteiger partial charge in [-0.25, -0.2) is 0 Å². The summed E-state index contributed by atoms with van der Waals surface area (Å²) in [5, 5.41) is 4.66. The third-order valence-corrected chi connectivity index (χ3v) is 21.4. The number of para-hydroxylation sites is 7. The van der Waals surface area contributed by atoms with E-state index < -0.39 is 0 Å². The molecule has 0 aliphatic carbocycles. The Bertz CT molecular complexity index is 5790. The quantitative estimate of drug-likeness (QED) is 0.155. The molecule has 0 atom stereocenters. The van der Waals surface area contributed by atoms with Crippen LogP contribution in [-0.4, -0.2) is 18.0 Å². The zero-order valence-corrected chi connectivity index (χ0v) is 56.7. The molecular formula is C90H72B2N4O2. The number of furan rings is 1. The second kappa shape index (κ2) is 21.1. The van der Waals surface area contributed by atoms with E-state index in [0.717, 1.165) is 123 Å². The molecular weight excluding hydrogens is 1190 g/mol. The Morgan fingerprint density at radius 2 is 0.847 bits per heavy atom. The maximum Gasteiger partial charge on any atom is 0.256 e. The fraction of sp³-hybridized carbons (Fsp3) is 0.133. The van der Waals surface area contributed by atoms with Gasteiger partial charge in [-0.15, -0.1) is 0 Å². The number of hydrogen-bond acceptors (Lipinski definition) is 5. The highest BCUT2D eigenvalue weighted by Gasteiger charge is 2.49. The first-order valence-corrected chi connectivity index (χ1v) is 34.6. The molecule has 0 saturated heterocycles. The molecule has 0 N–H and O–H groups in total. The summed E-state index contributed by atoms with van der Waals surface area (Å²) in [7, 11) is 0. The van der Waals surface area contributed by atoms with E-state index >= 15 is 0 Å². The van der Waals surface area contributed by atoms with Crippen LogP contribution in [0.5, 0.6) is 11.5 Å². The van der Waals surface area contributed by atoms with Crippen LogP contribution in [0.2, 0.25) is 0 Å². The van der Waals surface area contributed by atoms with E-state index in [1.165, 1.54) is 60.3 Å². The average molecular weight is 1260 g/mol. The Morgan fingerprint density at radius 1 is 0.306 bits per heavy atom. The summed E-state index contributed by atoms with van der Waals surface area (Å²) < 4.78 is 17.3. The zero-order chi connectivity index (χ0) is 66.3. The lowest BCUT2D eigenvalue weighted by atomic mass is 9.30. The summed E-state index contributed by atoms with van der Waals surface area (Å²) in [5.74, 6) is 1.71. The summed E-state index contributed by atoms with van der Waals surface area (Å²) in [6, 6.07) is 102. The number of rotatable bonds is 6. The number of anilines is 9. The van der Waals surface area contributed by atoms with Crippen molar-refractivity contribution in [3.63, 3.8) is 0 Å². The van der Waals surface area contributed by atoms with Gasteiger partial charge in [0.2, 0.25) is 0 Å². The Morgan fingerprint density at radius 3 is 1.57 bits per heavy atom. The molecule has 470 valence electrons. The minimum atomic E-state index is -0.271. The monoisotopic (exact) mass is 1260 g/mol. The first-order valence-electron chi connectivity index (χ1n) is 34.6. The van der Waals surface area contributed by atoms with Crippen molar-refractivity contribution in [2.24, 2.45) is 0 Å². The highest BCUT2D eigenvalue weighted by Crippen LogP contribution is 2.54. The molecule has 15 aromatic rings. The molecule has 13 aromatic carbocycles. The lowest BCUT2D eigenvalue weighted by Crippen LogP contribution is -2.64. The van der Waals surface area contributed by atoms with E-state index in [1.54, 1.807) is 0 Å². The molecule has 6 heterocycles. The summed E-state index contributed by atoms with van der Waals surface area (Å²) in [6.45, 7) is 20.5. The number of aromatic nitrogens is 1. The van der Waals surface area contributed by atoms with Crippen LogP contribution in [0, 0.1) is 0 Å². The van der Waals surface area contributed by atoms with Crippen LogP contribution in [0.25, 0.3) is 71.7 Å². The van der Waals surface area contributed by atoms with E-state index in [4.69, 9.17) is 9.15 Å². The standard InChI is InChI=1S/C90H72B2N4O2/c1-88(2,3)57-30-24-29-56(47-57)63-37-25-36-62(55-27-12-10-13-28-55)86(63)96-77-54-82-71(92-68-39-19-22-42-74(68)95(80-50-59(90(7,8)9)51-83(97-82)85(80)92)75-43-26-38-67-66-35-18-23-44-81(66)98-87(67)75)53-70(77)91-69-46-45-61(94-72-40-20-16-33-64(72)65-34-17-21-41-73(65)94)52-76(69)93(60-31-14-11-15-32-60)78-48-58(89(4,5)6)49-79(96)84(78)91/h10-54H,1-9H3. The Balaban J connectivity index is 0.939. The lowest BCUT2D eigenvalue weighted by Gasteiger charge is -2.47. The number of hydrogen-bond donors (Lipinski definition) is 0. The zero-order valence-electron chi connectivity index (χ0n) is 56.7. The SMILES string of the molecule is CC(C)(C)c1cccc(-c2cccc(-c3ccccc3)c2N2c3cc4c(cc3B3c5ccc(-n6c7ccccc7c7ccccc76)cc5N(c5ccccc5)c5cc(C(C)(C)C)cc2c53)B2c3ccccc3N(c3cccc5c3oc3ccccc35)c3cc(C(C)(C)C)cc(c32)O4)c1. The van der Waals surface area contributed by atoms with E-state index in [1.807, 2.05) is 0 Å². The smallest absolute Gasteiger partial charge is 0.256 e. The molecule has 8 heteroatoms. The van der Waals surface area contributed by atoms with Crippen molar-refractivity contribution in [1.82, 2.24) is 4.57 Å². The highest BCUT2D eigenvalue weighted by atomic mass is 16.5. The van der Waals surface area contributed by atoms with Crippen molar-refractivity contribution in [3.05, 3.63) is 290 Å². The van der Waals surface area contributed by atoms with Crippen molar-refractivity contribution in [2.75, 3.05) is 14.7 Å². The van der Waals surface area contributed by atoms with E-state index in [0.29, 0.717) is 0 Å². The van der Waals surface area contributed by atoms with Gasteiger partial charge in [-0.2, -0.15) is 0 Å². The Hall–Kier alpha value is -11.2. The van der Waals surface area contributed by atoms with Crippen molar-refractivity contribution >= 4 is 141 Å². The van der Waals surface area contributed by atoms with Gasteiger partial charge in [-0.1, -0.05) is 250 Å². The molecule has 0 spiro atoms. The van der Waals surface area contributed by atoms with Gasteiger partial charge in [-0.05, 0) is 156 Å². The van der Waals surface area contributed by atoms with Crippen molar-refractivity contribution in [2.45, 2.75) is 78.6 Å². The molecule has 4 aliphatic heterocycles. The van der Waals surface area contributed by atoms with Crippen molar-refractivity contribution < 1.29 is 9.15 Å². The maximum absolute atomic E-state index is 7.88. The summed E-state index contributed by atoms with van der Waals surface area (Å²) in [4.78, 5) is 7.72. The van der Waals surface area contributed by atoms with Crippen LogP contribution in [0.4, 0.5) is 51.2 Å².